The van der Waals surface area contributed by atoms with Gasteiger partial charge in [0.15, 0.2) is 18.7 Å². The Morgan fingerprint density at radius 1 is 0.776 bits per heavy atom. The number of carbonyl (C=O) groups is 1. The quantitative estimate of drug-likeness (QED) is 0.127. The Morgan fingerprint density at radius 2 is 1.47 bits per heavy atom. The molecule has 15 heteroatoms. The molecule has 0 aromatic rings. The summed E-state index contributed by atoms with van der Waals surface area (Å²) in [5, 5.41) is 88.0. The van der Waals surface area contributed by atoms with E-state index in [1.54, 1.807) is 13.8 Å². The molecule has 2 spiro atoms. The lowest BCUT2D eigenvalue weighted by Gasteiger charge is -2.65. The fraction of sp³-hybridized carbons (Fsp3) is 0.977. The highest BCUT2D eigenvalue weighted by Gasteiger charge is 2.85. The van der Waals surface area contributed by atoms with Crippen LogP contribution in [0.5, 0.6) is 0 Å². The molecule has 8 rings (SSSR count). The lowest BCUT2D eigenvalue weighted by molar-refractivity contribution is -0.339. The topological polar surface area (TPSA) is 234 Å². The van der Waals surface area contributed by atoms with Gasteiger partial charge in [-0.15, -0.1) is 0 Å². The van der Waals surface area contributed by atoms with E-state index in [4.69, 9.17) is 28.4 Å². The summed E-state index contributed by atoms with van der Waals surface area (Å²) in [7, 11) is 0. The fourth-order valence-corrected chi connectivity index (χ4v) is 15.2. The Hall–Kier alpha value is -1.05. The number of aliphatic hydroxyl groups is 8. The van der Waals surface area contributed by atoms with Crippen molar-refractivity contribution in [2.75, 3.05) is 13.2 Å². The zero-order valence-electron chi connectivity index (χ0n) is 35.5. The summed E-state index contributed by atoms with van der Waals surface area (Å²) in [5.74, 6) is -0.868. The van der Waals surface area contributed by atoms with Gasteiger partial charge >= 0.3 is 5.97 Å². The van der Waals surface area contributed by atoms with Gasteiger partial charge in [-0.1, -0.05) is 27.7 Å². The molecule has 15 nitrogen and oxygen atoms in total. The molecule has 5 aliphatic carbocycles. The average Bonchev–Trinajstić information content (AvgIpc) is 3.50. The van der Waals surface area contributed by atoms with E-state index in [0.29, 0.717) is 25.7 Å². The number of ether oxygens (including phenoxy) is 6. The minimum atomic E-state index is -1.61. The molecule has 0 bridgehead atoms. The first-order valence-electron chi connectivity index (χ1n) is 21.8. The van der Waals surface area contributed by atoms with Gasteiger partial charge in [-0.05, 0) is 117 Å². The van der Waals surface area contributed by atoms with Crippen LogP contribution in [0.3, 0.4) is 0 Å². The zero-order valence-corrected chi connectivity index (χ0v) is 35.5. The van der Waals surface area contributed by atoms with Gasteiger partial charge in [0.1, 0.15) is 36.6 Å². The summed E-state index contributed by atoms with van der Waals surface area (Å²) in [5.41, 5.74) is -3.28. The number of rotatable bonds is 8. The van der Waals surface area contributed by atoms with Crippen LogP contribution >= 0.6 is 0 Å². The van der Waals surface area contributed by atoms with E-state index < -0.39 is 103 Å². The molecule has 8 N–H and O–H groups in total. The molecule has 21 atom stereocenters. The molecule has 21 unspecified atom stereocenters. The van der Waals surface area contributed by atoms with Crippen LogP contribution in [0.15, 0.2) is 0 Å². The highest BCUT2D eigenvalue weighted by atomic mass is 16.7. The van der Waals surface area contributed by atoms with Gasteiger partial charge in [0, 0.05) is 12.8 Å². The predicted octanol–water partition coefficient (Wildman–Crippen LogP) is 1.29. The normalized spacial score (nSPS) is 56.1. The Balaban J connectivity index is 1.13. The van der Waals surface area contributed by atoms with Crippen LogP contribution in [-0.4, -0.2) is 151 Å². The van der Waals surface area contributed by atoms with E-state index in [1.807, 2.05) is 0 Å². The van der Waals surface area contributed by atoms with Gasteiger partial charge in [0.2, 0.25) is 0 Å². The summed E-state index contributed by atoms with van der Waals surface area (Å²) in [4.78, 5) is 11.6. The van der Waals surface area contributed by atoms with Crippen LogP contribution in [-0.2, 0) is 33.2 Å². The maximum atomic E-state index is 12.2. The third-order valence-electron chi connectivity index (χ3n) is 17.9. The molecule has 3 saturated heterocycles. The maximum absolute atomic E-state index is 12.2. The molecule has 58 heavy (non-hydrogen) atoms. The number of fused-ring (bicyclic) bond motifs is 2. The standard InChI is InChI=1S/C43H70O15/c1-20(45)54-24-18-53-35(31(50)29(24)48)57-26-10-12-43-19-42(43)14-13-39(6)33(41(8)11-9-27(58-41)38(4,5)52)21(46)16-40(39,7)25(42)15-22(34(43)37(26,2)3)55-36-32(51)30(49)28(47)23(17-44)56-36/h21-36,44,46-52H,9-19H2,1-8H3. The maximum Gasteiger partial charge on any atom is 0.303 e. The molecule has 3 aliphatic heterocycles. The van der Waals surface area contributed by atoms with Gasteiger partial charge in [-0.3, -0.25) is 4.79 Å². The molecule has 8 fully saturated rings. The molecule has 0 amide bonds. The van der Waals surface area contributed by atoms with Gasteiger partial charge in [0.05, 0.1) is 48.8 Å². The lowest BCUT2D eigenvalue weighted by atomic mass is 9.41. The summed E-state index contributed by atoms with van der Waals surface area (Å²) >= 11 is 0. The largest absolute Gasteiger partial charge is 0.457 e. The van der Waals surface area contributed by atoms with Gasteiger partial charge in [-0.2, -0.15) is 0 Å². The van der Waals surface area contributed by atoms with E-state index in [9.17, 15) is 45.6 Å². The van der Waals surface area contributed by atoms with Crippen LogP contribution in [0.1, 0.15) is 113 Å². The second-order valence-corrected chi connectivity index (χ2v) is 21.6. The van der Waals surface area contributed by atoms with E-state index in [0.717, 1.165) is 32.1 Å². The van der Waals surface area contributed by atoms with Gasteiger partial charge < -0.3 is 69.3 Å². The summed E-state index contributed by atoms with van der Waals surface area (Å²) < 4.78 is 37.4. The lowest BCUT2D eigenvalue weighted by Crippen LogP contribution is -2.65. The Kier molecular flexibility index (Phi) is 10.7. The van der Waals surface area contributed by atoms with Crippen molar-refractivity contribution in [3.8, 4) is 0 Å². The second-order valence-electron chi connectivity index (χ2n) is 21.6. The molecule has 0 aromatic heterocycles. The molecule has 8 aliphatic rings. The minimum Gasteiger partial charge on any atom is -0.457 e. The fourth-order valence-electron chi connectivity index (χ4n) is 15.2. The van der Waals surface area contributed by atoms with E-state index >= 15 is 0 Å². The third kappa shape index (κ3) is 6.17. The molecule has 332 valence electrons. The van der Waals surface area contributed by atoms with Crippen molar-refractivity contribution in [2.24, 2.45) is 44.8 Å². The highest BCUT2D eigenvalue weighted by Crippen LogP contribution is 2.89. The second kappa shape index (κ2) is 14.2. The summed E-state index contributed by atoms with van der Waals surface area (Å²) in [6, 6.07) is 0. The van der Waals surface area contributed by atoms with Crippen molar-refractivity contribution < 1.29 is 74.1 Å². The molecular formula is C43H70O15. The predicted molar refractivity (Wildman–Crippen MR) is 203 cm³/mol. The van der Waals surface area contributed by atoms with Crippen molar-refractivity contribution in [1.82, 2.24) is 0 Å². The highest BCUT2D eigenvalue weighted by molar-refractivity contribution is 5.66. The molecule has 0 aromatic carbocycles. The number of esters is 1. The van der Waals surface area contributed by atoms with Crippen LogP contribution in [0, 0.1) is 44.8 Å². The van der Waals surface area contributed by atoms with Crippen LogP contribution in [0.4, 0.5) is 0 Å². The summed E-state index contributed by atoms with van der Waals surface area (Å²) in [6.07, 6.45) is -7.63. The number of hydrogen-bond acceptors (Lipinski definition) is 15. The zero-order chi connectivity index (χ0) is 42.3. The van der Waals surface area contributed by atoms with E-state index in [1.165, 1.54) is 6.92 Å². The van der Waals surface area contributed by atoms with E-state index in [2.05, 4.69) is 34.6 Å². The van der Waals surface area contributed by atoms with Crippen molar-refractivity contribution in [3.05, 3.63) is 0 Å². The smallest absolute Gasteiger partial charge is 0.303 e. The summed E-state index contributed by atoms with van der Waals surface area (Å²) in [6.45, 7) is 15.1. The SMILES string of the molecule is CC(=O)OC1COC(OC2CCC34CC35CCC3(C)C(C6(C)CCC(C(C)(C)O)O6)C(O)CC3(C)C5CC(OC3OC(CO)C(O)C(O)C3O)C4C2(C)C)C(O)C1O. The molecule has 3 heterocycles. The molecular weight excluding hydrogens is 756 g/mol. The van der Waals surface area contributed by atoms with Crippen LogP contribution in [0.25, 0.3) is 0 Å². The number of hydrogen-bond donors (Lipinski definition) is 8. The van der Waals surface area contributed by atoms with Gasteiger partial charge in [-0.25, -0.2) is 0 Å². The van der Waals surface area contributed by atoms with Crippen molar-refractivity contribution in [2.45, 2.75) is 204 Å². The molecule has 5 saturated carbocycles. The Morgan fingerprint density at radius 3 is 2.10 bits per heavy atom. The van der Waals surface area contributed by atoms with Crippen molar-refractivity contribution in [3.63, 3.8) is 0 Å². The number of aliphatic hydroxyl groups excluding tert-OH is 7. The van der Waals surface area contributed by atoms with Crippen LogP contribution in [0.2, 0.25) is 0 Å². The van der Waals surface area contributed by atoms with Crippen LogP contribution < -0.4 is 0 Å². The molecule has 0 radical (unpaired) electrons. The average molecular weight is 827 g/mol. The monoisotopic (exact) mass is 826 g/mol. The van der Waals surface area contributed by atoms with Crippen molar-refractivity contribution >= 4 is 5.97 Å². The van der Waals surface area contributed by atoms with Gasteiger partial charge in [0.25, 0.3) is 0 Å². The first kappa shape index (κ1) is 43.6. The first-order valence-corrected chi connectivity index (χ1v) is 21.8. The minimum absolute atomic E-state index is 0.0840. The third-order valence-corrected chi connectivity index (χ3v) is 17.9. The van der Waals surface area contributed by atoms with Crippen molar-refractivity contribution in [1.29, 1.82) is 0 Å². The first-order chi connectivity index (χ1) is 26.9. The van der Waals surface area contributed by atoms with E-state index in [-0.39, 0.29) is 52.1 Å². The number of carbonyl (C=O) groups excluding carboxylic acids is 1. The Labute approximate surface area is 341 Å². The Bertz CT molecular complexity index is 1570.